The molecule has 1 aromatic carbocycles. The Morgan fingerprint density at radius 2 is 1.88 bits per heavy atom. The fourth-order valence-corrected chi connectivity index (χ4v) is 4.82. The van der Waals surface area contributed by atoms with Crippen molar-refractivity contribution in [3.63, 3.8) is 0 Å². The van der Waals surface area contributed by atoms with Gasteiger partial charge in [-0.2, -0.15) is 0 Å². The third kappa shape index (κ3) is 2.87. The number of phenolic OH excluding ortho intramolecular Hbond substituents is 2. The first-order valence-electron chi connectivity index (χ1n) is 9.34. The molecule has 0 aliphatic heterocycles. The van der Waals surface area contributed by atoms with Crippen LogP contribution in [0, 0.1) is 5.92 Å². The van der Waals surface area contributed by atoms with Gasteiger partial charge in [0.05, 0.1) is 0 Å². The lowest BCUT2D eigenvalue weighted by atomic mass is 9.69. The molecule has 0 saturated carbocycles. The van der Waals surface area contributed by atoms with Gasteiger partial charge in [0.1, 0.15) is 11.5 Å². The second-order valence-corrected chi connectivity index (χ2v) is 7.75. The molecule has 0 bridgehead atoms. The second-order valence-electron chi connectivity index (χ2n) is 7.75. The first-order valence-corrected chi connectivity index (χ1v) is 9.34. The molecule has 2 aliphatic rings. The lowest BCUT2D eigenvalue weighted by molar-refractivity contribution is 0.407. The summed E-state index contributed by atoms with van der Waals surface area (Å²) in [6.07, 6.45) is 8.77. The summed E-state index contributed by atoms with van der Waals surface area (Å²) in [7, 11) is 0. The summed E-state index contributed by atoms with van der Waals surface area (Å²) in [5.74, 6) is 1.49. The highest BCUT2D eigenvalue weighted by molar-refractivity contribution is 5.57. The lowest BCUT2D eigenvalue weighted by Crippen LogP contribution is -2.21. The van der Waals surface area contributed by atoms with Crippen LogP contribution in [0.5, 0.6) is 11.5 Å². The third-order valence-electron chi connectivity index (χ3n) is 6.07. The van der Waals surface area contributed by atoms with Crippen LogP contribution in [0.3, 0.4) is 0 Å². The van der Waals surface area contributed by atoms with Crippen molar-refractivity contribution in [1.29, 1.82) is 0 Å². The summed E-state index contributed by atoms with van der Waals surface area (Å²) < 4.78 is 0. The van der Waals surface area contributed by atoms with E-state index in [0.29, 0.717) is 11.8 Å². The maximum absolute atomic E-state index is 10.7. The van der Waals surface area contributed by atoms with Gasteiger partial charge in [-0.15, -0.1) is 0 Å². The largest absolute Gasteiger partial charge is 0.508 e. The Balaban J connectivity index is 2.20. The van der Waals surface area contributed by atoms with Crippen molar-refractivity contribution >= 4 is 0 Å². The van der Waals surface area contributed by atoms with Crippen LogP contribution < -0.4 is 0 Å². The number of phenols is 2. The lowest BCUT2D eigenvalue weighted by Gasteiger charge is -2.35. The molecule has 2 N–H and O–H groups in total. The molecule has 2 heteroatoms. The average Bonchev–Trinajstić information content (AvgIpc) is 2.53. The summed E-state index contributed by atoms with van der Waals surface area (Å²) in [5.41, 5.74) is 5.92. The standard InChI is InChI=1S/C22H30O2/c1-5-15-7-6-8-17-21(15)19(23)12-20(24)22(17)18-11-14(4)9-10-16(18)13(2)3/h11-12,15-16,18,23-24H,2,5-10H2,1,3-4H3/t15-,16+,18-/m1/s1. The zero-order chi connectivity index (χ0) is 17.4. The molecule has 0 aromatic heterocycles. The van der Waals surface area contributed by atoms with Crippen molar-refractivity contribution in [2.75, 3.05) is 0 Å². The van der Waals surface area contributed by atoms with E-state index in [-0.39, 0.29) is 17.4 Å². The van der Waals surface area contributed by atoms with E-state index >= 15 is 0 Å². The van der Waals surface area contributed by atoms with Crippen molar-refractivity contribution in [2.24, 2.45) is 5.92 Å². The molecule has 0 radical (unpaired) electrons. The van der Waals surface area contributed by atoms with E-state index < -0.39 is 0 Å². The average molecular weight is 326 g/mol. The van der Waals surface area contributed by atoms with E-state index in [9.17, 15) is 10.2 Å². The Hall–Kier alpha value is -1.70. The monoisotopic (exact) mass is 326 g/mol. The first kappa shape index (κ1) is 17.1. The summed E-state index contributed by atoms with van der Waals surface area (Å²) in [6, 6.07) is 1.58. The molecule has 0 heterocycles. The number of aromatic hydroxyl groups is 2. The zero-order valence-electron chi connectivity index (χ0n) is 15.2. The van der Waals surface area contributed by atoms with Gasteiger partial charge >= 0.3 is 0 Å². The van der Waals surface area contributed by atoms with E-state index in [1.807, 2.05) is 0 Å². The van der Waals surface area contributed by atoms with Crippen LogP contribution in [0.2, 0.25) is 0 Å². The maximum atomic E-state index is 10.7. The van der Waals surface area contributed by atoms with Gasteiger partial charge in [-0.25, -0.2) is 0 Å². The smallest absolute Gasteiger partial charge is 0.123 e. The number of hydrogen-bond donors (Lipinski definition) is 2. The molecule has 0 unspecified atom stereocenters. The molecular weight excluding hydrogens is 296 g/mol. The highest BCUT2D eigenvalue weighted by Crippen LogP contribution is 2.50. The Kier molecular flexibility index (Phi) is 4.76. The predicted octanol–water partition coefficient (Wildman–Crippen LogP) is 5.94. The molecule has 1 aromatic rings. The molecule has 2 aliphatic carbocycles. The molecule has 24 heavy (non-hydrogen) atoms. The van der Waals surface area contributed by atoms with Gasteiger partial charge in [0.2, 0.25) is 0 Å². The number of hydrogen-bond acceptors (Lipinski definition) is 2. The van der Waals surface area contributed by atoms with E-state index in [2.05, 4.69) is 33.4 Å². The Morgan fingerprint density at radius 1 is 1.17 bits per heavy atom. The molecule has 2 nitrogen and oxygen atoms in total. The highest BCUT2D eigenvalue weighted by atomic mass is 16.3. The number of rotatable bonds is 3. The maximum Gasteiger partial charge on any atom is 0.123 e. The summed E-state index contributed by atoms with van der Waals surface area (Å²) in [4.78, 5) is 0. The van der Waals surface area contributed by atoms with Crippen LogP contribution in [0.25, 0.3) is 0 Å². The fraction of sp³-hybridized carbons (Fsp3) is 0.545. The number of allylic oxidation sites excluding steroid dienone is 3. The van der Waals surface area contributed by atoms with Gasteiger partial charge in [-0.3, -0.25) is 0 Å². The molecule has 130 valence electrons. The van der Waals surface area contributed by atoms with E-state index in [0.717, 1.165) is 49.7 Å². The van der Waals surface area contributed by atoms with Crippen molar-refractivity contribution < 1.29 is 10.2 Å². The fourth-order valence-electron chi connectivity index (χ4n) is 4.82. The van der Waals surface area contributed by atoms with E-state index in [4.69, 9.17) is 0 Å². The minimum Gasteiger partial charge on any atom is -0.508 e. The molecule has 3 rings (SSSR count). The molecule has 3 atom stereocenters. The van der Waals surface area contributed by atoms with Crippen molar-refractivity contribution in [3.8, 4) is 11.5 Å². The second kappa shape index (κ2) is 6.66. The Bertz CT molecular complexity index is 684. The van der Waals surface area contributed by atoms with Crippen LogP contribution in [0.4, 0.5) is 0 Å². The highest BCUT2D eigenvalue weighted by Gasteiger charge is 2.33. The van der Waals surface area contributed by atoms with Crippen LogP contribution in [-0.2, 0) is 6.42 Å². The molecular formula is C22H30O2. The minimum atomic E-state index is 0.182. The minimum absolute atomic E-state index is 0.182. The Morgan fingerprint density at radius 3 is 2.54 bits per heavy atom. The number of fused-ring (bicyclic) bond motifs is 1. The van der Waals surface area contributed by atoms with Crippen LogP contribution >= 0.6 is 0 Å². The molecule has 0 fully saturated rings. The number of benzene rings is 1. The van der Waals surface area contributed by atoms with Gasteiger partial charge in [-0.05, 0) is 69.8 Å². The van der Waals surface area contributed by atoms with Crippen LogP contribution in [0.15, 0.2) is 29.9 Å². The topological polar surface area (TPSA) is 40.5 Å². The third-order valence-corrected chi connectivity index (χ3v) is 6.07. The summed E-state index contributed by atoms with van der Waals surface area (Å²) in [5, 5.41) is 21.2. The van der Waals surface area contributed by atoms with Gasteiger partial charge in [-0.1, -0.05) is 30.7 Å². The quantitative estimate of drug-likeness (QED) is 0.674. The predicted molar refractivity (Wildman–Crippen MR) is 99.8 cm³/mol. The van der Waals surface area contributed by atoms with Gasteiger partial charge in [0.25, 0.3) is 0 Å². The first-order chi connectivity index (χ1) is 11.4. The van der Waals surface area contributed by atoms with Gasteiger partial charge in [0, 0.05) is 23.1 Å². The van der Waals surface area contributed by atoms with E-state index in [1.165, 1.54) is 16.7 Å². The van der Waals surface area contributed by atoms with Gasteiger partial charge in [0.15, 0.2) is 0 Å². The van der Waals surface area contributed by atoms with Crippen molar-refractivity contribution in [2.45, 2.75) is 71.1 Å². The van der Waals surface area contributed by atoms with Crippen molar-refractivity contribution in [3.05, 3.63) is 46.6 Å². The SMILES string of the molecule is C=C(C)[C@@H]1CCC(C)=C[C@H]1c1c(O)cc(O)c2c1CCC[C@H]2CC. The zero-order valence-corrected chi connectivity index (χ0v) is 15.2. The van der Waals surface area contributed by atoms with Crippen LogP contribution in [0.1, 0.15) is 81.4 Å². The van der Waals surface area contributed by atoms with Crippen LogP contribution in [-0.4, -0.2) is 10.2 Å². The van der Waals surface area contributed by atoms with Crippen molar-refractivity contribution in [1.82, 2.24) is 0 Å². The molecule has 0 spiro atoms. The summed E-state index contributed by atoms with van der Waals surface area (Å²) in [6.45, 7) is 10.7. The Labute approximate surface area is 145 Å². The summed E-state index contributed by atoms with van der Waals surface area (Å²) >= 11 is 0. The van der Waals surface area contributed by atoms with Gasteiger partial charge < -0.3 is 10.2 Å². The normalized spacial score (nSPS) is 26.6. The molecule has 0 saturated heterocycles. The van der Waals surface area contributed by atoms with E-state index in [1.54, 1.807) is 6.07 Å². The molecule has 0 amide bonds.